The van der Waals surface area contributed by atoms with Gasteiger partial charge in [0.2, 0.25) is 5.91 Å². The number of methoxy groups -OCH3 is 1. The van der Waals surface area contributed by atoms with E-state index in [1.165, 1.54) is 16.7 Å². The van der Waals surface area contributed by atoms with Gasteiger partial charge in [-0.25, -0.2) is 0 Å². The highest BCUT2D eigenvalue weighted by atomic mass is 16.5. The first-order valence-corrected chi connectivity index (χ1v) is 8.65. The van der Waals surface area contributed by atoms with E-state index in [-0.39, 0.29) is 5.91 Å². The van der Waals surface area contributed by atoms with Crippen LogP contribution in [-0.4, -0.2) is 19.6 Å². The largest absolute Gasteiger partial charge is 0.496 e. The Morgan fingerprint density at radius 3 is 2.92 bits per heavy atom. The number of carbonyl (C=O) groups excluding carboxylic acids is 1. The molecule has 24 heavy (non-hydrogen) atoms. The highest BCUT2D eigenvalue weighted by Crippen LogP contribution is 2.35. The van der Waals surface area contributed by atoms with Gasteiger partial charge in [0.25, 0.3) is 0 Å². The van der Waals surface area contributed by atoms with E-state index in [1.54, 1.807) is 7.11 Å². The van der Waals surface area contributed by atoms with Crippen molar-refractivity contribution < 1.29 is 9.53 Å². The summed E-state index contributed by atoms with van der Waals surface area (Å²) in [6.45, 7) is 2.71. The summed E-state index contributed by atoms with van der Waals surface area (Å²) in [5.41, 5.74) is 5.11. The van der Waals surface area contributed by atoms with Crippen LogP contribution in [0.2, 0.25) is 0 Å². The molecular formula is C21H25NO2. The van der Waals surface area contributed by atoms with Crippen LogP contribution >= 0.6 is 0 Å². The molecule has 1 unspecified atom stereocenters. The quantitative estimate of drug-likeness (QED) is 0.878. The maximum absolute atomic E-state index is 12.3. The van der Waals surface area contributed by atoms with E-state index >= 15 is 0 Å². The monoisotopic (exact) mass is 323 g/mol. The van der Waals surface area contributed by atoms with Crippen molar-refractivity contribution in [3.8, 4) is 5.75 Å². The molecule has 0 spiro atoms. The highest BCUT2D eigenvalue weighted by Gasteiger charge is 2.23. The summed E-state index contributed by atoms with van der Waals surface area (Å²) in [6.07, 6.45) is 3.55. The van der Waals surface area contributed by atoms with E-state index in [0.29, 0.717) is 18.9 Å². The number of ether oxygens (including phenoxy) is 1. The number of fused-ring (bicyclic) bond motifs is 1. The summed E-state index contributed by atoms with van der Waals surface area (Å²) < 4.78 is 5.39. The number of hydrogen-bond acceptors (Lipinski definition) is 2. The summed E-state index contributed by atoms with van der Waals surface area (Å²) >= 11 is 0. The Morgan fingerprint density at radius 2 is 2.08 bits per heavy atom. The molecule has 0 bridgehead atoms. The van der Waals surface area contributed by atoms with Crippen molar-refractivity contribution >= 4 is 5.91 Å². The minimum atomic E-state index is 0.142. The smallest absolute Gasteiger partial charge is 0.220 e. The van der Waals surface area contributed by atoms with E-state index in [1.807, 2.05) is 12.1 Å². The van der Waals surface area contributed by atoms with Crippen LogP contribution in [0, 0.1) is 6.92 Å². The maximum atomic E-state index is 12.3. The van der Waals surface area contributed by atoms with Crippen molar-refractivity contribution in [1.29, 1.82) is 0 Å². The summed E-state index contributed by atoms with van der Waals surface area (Å²) in [5, 5.41) is 3.07. The SMILES string of the molecule is COc1ccc(C)cc1CCNC(=O)CC1CCc2ccccc21. The number of amides is 1. The summed E-state index contributed by atoms with van der Waals surface area (Å²) in [7, 11) is 1.68. The fourth-order valence-corrected chi connectivity index (χ4v) is 3.59. The van der Waals surface area contributed by atoms with Gasteiger partial charge in [0.05, 0.1) is 7.11 Å². The Kier molecular flexibility index (Phi) is 5.19. The average Bonchev–Trinajstić information content (AvgIpc) is 2.98. The molecule has 0 aliphatic heterocycles. The van der Waals surface area contributed by atoms with Gasteiger partial charge < -0.3 is 10.1 Å². The van der Waals surface area contributed by atoms with Crippen LogP contribution in [0.3, 0.4) is 0 Å². The summed E-state index contributed by atoms with van der Waals surface area (Å²) in [4.78, 5) is 12.3. The number of rotatable bonds is 6. The molecule has 3 rings (SSSR count). The lowest BCUT2D eigenvalue weighted by Crippen LogP contribution is -2.27. The number of nitrogens with one attached hydrogen (secondary N) is 1. The van der Waals surface area contributed by atoms with Crippen molar-refractivity contribution in [3.05, 3.63) is 64.7 Å². The fourth-order valence-electron chi connectivity index (χ4n) is 3.59. The minimum absolute atomic E-state index is 0.142. The first-order valence-electron chi connectivity index (χ1n) is 8.65. The van der Waals surface area contributed by atoms with Crippen LogP contribution in [0.1, 0.15) is 41.0 Å². The molecule has 1 aliphatic rings. The first-order chi connectivity index (χ1) is 11.7. The van der Waals surface area contributed by atoms with Crippen LogP contribution in [0.4, 0.5) is 0 Å². The molecule has 126 valence electrons. The van der Waals surface area contributed by atoms with E-state index in [4.69, 9.17) is 4.74 Å². The summed E-state index contributed by atoms with van der Waals surface area (Å²) in [6, 6.07) is 14.6. The second kappa shape index (κ2) is 7.52. The Labute approximate surface area is 144 Å². The third kappa shape index (κ3) is 3.78. The minimum Gasteiger partial charge on any atom is -0.496 e. The molecule has 3 heteroatoms. The van der Waals surface area contributed by atoms with Gasteiger partial charge in [-0.15, -0.1) is 0 Å². The van der Waals surface area contributed by atoms with E-state index in [0.717, 1.165) is 30.6 Å². The van der Waals surface area contributed by atoms with Gasteiger partial charge in [0.1, 0.15) is 5.75 Å². The number of carbonyl (C=O) groups is 1. The van der Waals surface area contributed by atoms with Crippen molar-refractivity contribution in [2.75, 3.05) is 13.7 Å². The van der Waals surface area contributed by atoms with Crippen LogP contribution < -0.4 is 10.1 Å². The molecule has 0 aromatic heterocycles. The highest BCUT2D eigenvalue weighted by molar-refractivity contribution is 5.77. The summed E-state index contributed by atoms with van der Waals surface area (Å²) in [5.74, 6) is 1.40. The Bertz CT molecular complexity index is 724. The second-order valence-electron chi connectivity index (χ2n) is 6.55. The molecule has 1 amide bonds. The van der Waals surface area contributed by atoms with Crippen LogP contribution in [-0.2, 0) is 17.6 Å². The maximum Gasteiger partial charge on any atom is 0.220 e. The van der Waals surface area contributed by atoms with E-state index < -0.39 is 0 Å². The molecule has 0 saturated carbocycles. The number of hydrogen-bond donors (Lipinski definition) is 1. The molecule has 1 aliphatic carbocycles. The van der Waals surface area contributed by atoms with E-state index in [9.17, 15) is 4.79 Å². The van der Waals surface area contributed by atoms with Crippen molar-refractivity contribution in [2.24, 2.45) is 0 Å². The van der Waals surface area contributed by atoms with E-state index in [2.05, 4.69) is 42.6 Å². The first kappa shape index (κ1) is 16.6. The second-order valence-corrected chi connectivity index (χ2v) is 6.55. The molecular weight excluding hydrogens is 298 g/mol. The molecule has 0 heterocycles. The predicted molar refractivity (Wildman–Crippen MR) is 96.6 cm³/mol. The normalized spacial score (nSPS) is 15.8. The zero-order valence-electron chi connectivity index (χ0n) is 14.5. The predicted octanol–water partition coefficient (Wildman–Crippen LogP) is 3.78. The molecule has 0 fully saturated rings. The lowest BCUT2D eigenvalue weighted by atomic mass is 9.97. The number of benzene rings is 2. The lowest BCUT2D eigenvalue weighted by Gasteiger charge is -2.13. The standard InChI is InChI=1S/C21H25NO2/c1-15-7-10-20(24-2)18(13-15)11-12-22-21(23)14-17-9-8-16-5-3-4-6-19(16)17/h3-7,10,13,17H,8-9,11-12,14H2,1-2H3,(H,22,23). The molecule has 2 aromatic rings. The molecule has 2 aromatic carbocycles. The van der Waals surface area contributed by atoms with Crippen molar-refractivity contribution in [1.82, 2.24) is 5.32 Å². The fraction of sp³-hybridized carbons (Fsp3) is 0.381. The molecule has 1 N–H and O–H groups in total. The Morgan fingerprint density at radius 1 is 1.25 bits per heavy atom. The van der Waals surface area contributed by atoms with Crippen LogP contribution in [0.5, 0.6) is 5.75 Å². The van der Waals surface area contributed by atoms with Gasteiger partial charge >= 0.3 is 0 Å². The third-order valence-electron chi connectivity index (χ3n) is 4.84. The Hall–Kier alpha value is -2.29. The van der Waals surface area contributed by atoms with Gasteiger partial charge in [-0.3, -0.25) is 4.79 Å². The van der Waals surface area contributed by atoms with Gasteiger partial charge in [0.15, 0.2) is 0 Å². The lowest BCUT2D eigenvalue weighted by molar-refractivity contribution is -0.121. The Balaban J connectivity index is 1.51. The zero-order valence-corrected chi connectivity index (χ0v) is 14.5. The topological polar surface area (TPSA) is 38.3 Å². The molecule has 0 radical (unpaired) electrons. The third-order valence-corrected chi connectivity index (χ3v) is 4.84. The van der Waals surface area contributed by atoms with Crippen LogP contribution in [0.15, 0.2) is 42.5 Å². The molecule has 0 saturated heterocycles. The average molecular weight is 323 g/mol. The van der Waals surface area contributed by atoms with Crippen molar-refractivity contribution in [3.63, 3.8) is 0 Å². The zero-order chi connectivity index (χ0) is 16.9. The molecule has 1 atom stereocenters. The molecule has 3 nitrogen and oxygen atoms in total. The van der Waals surface area contributed by atoms with Gasteiger partial charge in [-0.05, 0) is 54.9 Å². The van der Waals surface area contributed by atoms with Gasteiger partial charge in [-0.1, -0.05) is 42.0 Å². The van der Waals surface area contributed by atoms with Crippen LogP contribution in [0.25, 0.3) is 0 Å². The van der Waals surface area contributed by atoms with Crippen molar-refractivity contribution in [2.45, 2.75) is 38.5 Å². The van der Waals surface area contributed by atoms with Gasteiger partial charge in [0, 0.05) is 13.0 Å². The van der Waals surface area contributed by atoms with Gasteiger partial charge in [-0.2, -0.15) is 0 Å². The number of aryl methyl sites for hydroxylation is 2.